The summed E-state index contributed by atoms with van der Waals surface area (Å²) in [6, 6.07) is 0. The molecule has 0 radical (unpaired) electrons. The van der Waals surface area contributed by atoms with Gasteiger partial charge < -0.3 is 0 Å². The average Bonchev–Trinajstić information content (AvgIpc) is 3.00. The van der Waals surface area contributed by atoms with Crippen molar-refractivity contribution < 1.29 is 12.6 Å². The molecule has 2 rings (SSSR count). The minimum absolute atomic E-state index is 0.190. The van der Waals surface area contributed by atoms with Crippen LogP contribution in [0.2, 0.25) is 0 Å². The van der Waals surface area contributed by atoms with Crippen LogP contribution in [-0.4, -0.2) is 31.1 Å². The summed E-state index contributed by atoms with van der Waals surface area (Å²) in [6.45, 7) is 5.18. The summed E-state index contributed by atoms with van der Waals surface area (Å²) < 4.78 is 28.6. The topological polar surface area (TPSA) is 61.2 Å². The molecular formula is C12H20N2O3S. The van der Waals surface area contributed by atoms with Gasteiger partial charge in [-0.15, -0.1) is 0 Å². The van der Waals surface area contributed by atoms with Gasteiger partial charge in [-0.05, 0) is 38.2 Å². The third kappa shape index (κ3) is 3.55. The maximum absolute atomic E-state index is 10.9. The lowest BCUT2D eigenvalue weighted by Gasteiger charge is -2.04. The zero-order valence-corrected chi connectivity index (χ0v) is 12.0. The van der Waals surface area contributed by atoms with Gasteiger partial charge in [0.15, 0.2) is 0 Å². The van der Waals surface area contributed by atoms with Crippen molar-refractivity contribution in [1.82, 2.24) is 9.78 Å². The van der Waals surface area contributed by atoms with Gasteiger partial charge in [0, 0.05) is 18.7 Å². The van der Waals surface area contributed by atoms with Crippen molar-refractivity contribution in [2.45, 2.75) is 39.7 Å². The van der Waals surface area contributed by atoms with Crippen molar-refractivity contribution in [2.75, 3.05) is 12.9 Å². The summed E-state index contributed by atoms with van der Waals surface area (Å²) in [7, 11) is -3.35. The van der Waals surface area contributed by atoms with Crippen molar-refractivity contribution >= 4 is 10.1 Å². The van der Waals surface area contributed by atoms with E-state index >= 15 is 0 Å². The van der Waals surface area contributed by atoms with E-state index in [0.717, 1.165) is 35.7 Å². The zero-order valence-electron chi connectivity index (χ0n) is 11.1. The molecule has 5 nitrogen and oxygen atoms in total. The molecule has 1 aromatic rings. The zero-order chi connectivity index (χ0) is 13.3. The SMILES string of the molecule is Cc1nn(CC2CC2)c(C)c1CCOS(C)(=O)=O. The summed E-state index contributed by atoms with van der Waals surface area (Å²) in [4.78, 5) is 0. The Kier molecular flexibility index (Phi) is 3.77. The number of aromatic nitrogens is 2. The van der Waals surface area contributed by atoms with Crippen LogP contribution < -0.4 is 0 Å². The van der Waals surface area contributed by atoms with Crippen LogP contribution in [-0.2, 0) is 27.3 Å². The Balaban J connectivity index is 2.00. The lowest BCUT2D eigenvalue weighted by molar-refractivity contribution is 0.325. The lowest BCUT2D eigenvalue weighted by Crippen LogP contribution is -2.08. The predicted octanol–water partition coefficient (Wildman–Crippen LogP) is 1.43. The minimum Gasteiger partial charge on any atom is -0.270 e. The third-order valence-electron chi connectivity index (χ3n) is 3.31. The highest BCUT2D eigenvalue weighted by Gasteiger charge is 2.23. The van der Waals surface area contributed by atoms with Crippen LogP contribution in [0.4, 0.5) is 0 Å². The molecule has 1 saturated carbocycles. The summed E-state index contributed by atoms with van der Waals surface area (Å²) >= 11 is 0. The van der Waals surface area contributed by atoms with E-state index in [4.69, 9.17) is 4.18 Å². The van der Waals surface area contributed by atoms with E-state index in [9.17, 15) is 8.42 Å². The minimum atomic E-state index is -3.35. The highest BCUT2D eigenvalue weighted by Crippen LogP contribution is 2.31. The maximum Gasteiger partial charge on any atom is 0.264 e. The maximum atomic E-state index is 10.9. The standard InChI is InChI=1S/C12H20N2O3S/c1-9-12(6-7-17-18(3,15)16)10(2)14(13-9)8-11-4-5-11/h11H,4-8H2,1-3H3. The van der Waals surface area contributed by atoms with Gasteiger partial charge in [-0.1, -0.05) is 0 Å². The van der Waals surface area contributed by atoms with Crippen LogP contribution in [0.1, 0.15) is 29.8 Å². The van der Waals surface area contributed by atoms with E-state index < -0.39 is 10.1 Å². The van der Waals surface area contributed by atoms with Gasteiger partial charge in [0.05, 0.1) is 18.6 Å². The Hall–Kier alpha value is -0.880. The summed E-state index contributed by atoms with van der Waals surface area (Å²) in [6.07, 6.45) is 4.26. The van der Waals surface area contributed by atoms with Crippen molar-refractivity contribution in [2.24, 2.45) is 5.92 Å². The summed E-state index contributed by atoms with van der Waals surface area (Å²) in [5, 5.41) is 4.52. The van der Waals surface area contributed by atoms with E-state index in [1.165, 1.54) is 12.8 Å². The van der Waals surface area contributed by atoms with Gasteiger partial charge in [-0.2, -0.15) is 13.5 Å². The number of rotatable bonds is 6. The second-order valence-electron chi connectivity index (χ2n) is 5.05. The Morgan fingerprint density at radius 1 is 1.39 bits per heavy atom. The fourth-order valence-electron chi connectivity index (χ4n) is 2.11. The predicted molar refractivity (Wildman–Crippen MR) is 68.9 cm³/mol. The lowest BCUT2D eigenvalue weighted by atomic mass is 10.1. The number of hydrogen-bond donors (Lipinski definition) is 0. The second kappa shape index (κ2) is 5.01. The second-order valence-corrected chi connectivity index (χ2v) is 6.69. The fourth-order valence-corrected chi connectivity index (χ4v) is 2.50. The smallest absolute Gasteiger partial charge is 0.264 e. The average molecular weight is 272 g/mol. The third-order valence-corrected chi connectivity index (χ3v) is 3.90. The molecule has 0 N–H and O–H groups in total. The molecule has 1 aliphatic rings. The molecular weight excluding hydrogens is 252 g/mol. The molecule has 1 fully saturated rings. The molecule has 102 valence electrons. The molecule has 6 heteroatoms. The first kappa shape index (κ1) is 13.5. The first-order chi connectivity index (χ1) is 8.37. The van der Waals surface area contributed by atoms with Gasteiger partial charge >= 0.3 is 0 Å². The van der Waals surface area contributed by atoms with Crippen molar-refractivity contribution in [3.8, 4) is 0 Å². The fraction of sp³-hybridized carbons (Fsp3) is 0.750. The molecule has 0 saturated heterocycles. The van der Waals surface area contributed by atoms with E-state index in [1.807, 2.05) is 18.5 Å². The molecule has 1 aromatic heterocycles. The molecule has 1 aliphatic carbocycles. The van der Waals surface area contributed by atoms with Gasteiger partial charge in [-0.25, -0.2) is 0 Å². The number of hydrogen-bond acceptors (Lipinski definition) is 4. The molecule has 0 aliphatic heterocycles. The van der Waals surface area contributed by atoms with E-state index in [0.29, 0.717) is 6.42 Å². The molecule has 0 unspecified atom stereocenters. The van der Waals surface area contributed by atoms with E-state index in [1.54, 1.807) is 0 Å². The molecule has 0 amide bonds. The molecule has 0 aromatic carbocycles. The van der Waals surface area contributed by atoms with Gasteiger partial charge in [0.25, 0.3) is 10.1 Å². The summed E-state index contributed by atoms with van der Waals surface area (Å²) in [5.41, 5.74) is 3.22. The Morgan fingerprint density at radius 2 is 2.06 bits per heavy atom. The quantitative estimate of drug-likeness (QED) is 0.735. The van der Waals surface area contributed by atoms with Crippen molar-refractivity contribution in [1.29, 1.82) is 0 Å². The van der Waals surface area contributed by atoms with Crippen LogP contribution >= 0.6 is 0 Å². The molecule has 18 heavy (non-hydrogen) atoms. The first-order valence-corrected chi connectivity index (χ1v) is 8.06. The normalized spacial score (nSPS) is 16.2. The molecule has 0 spiro atoms. The van der Waals surface area contributed by atoms with Crippen LogP contribution in [0.5, 0.6) is 0 Å². The van der Waals surface area contributed by atoms with Gasteiger partial charge in [0.2, 0.25) is 0 Å². The molecule has 0 bridgehead atoms. The van der Waals surface area contributed by atoms with Crippen LogP contribution in [0, 0.1) is 19.8 Å². The largest absolute Gasteiger partial charge is 0.270 e. The highest BCUT2D eigenvalue weighted by atomic mass is 32.2. The van der Waals surface area contributed by atoms with Crippen LogP contribution in [0.25, 0.3) is 0 Å². The Morgan fingerprint density at radius 3 is 2.61 bits per heavy atom. The van der Waals surface area contributed by atoms with Gasteiger partial charge in [-0.3, -0.25) is 8.86 Å². The Bertz CT molecular complexity index is 530. The number of nitrogens with zero attached hydrogens (tertiary/aromatic N) is 2. The van der Waals surface area contributed by atoms with Gasteiger partial charge in [0.1, 0.15) is 0 Å². The monoisotopic (exact) mass is 272 g/mol. The van der Waals surface area contributed by atoms with Crippen LogP contribution in [0.15, 0.2) is 0 Å². The van der Waals surface area contributed by atoms with E-state index in [-0.39, 0.29) is 6.61 Å². The summed E-state index contributed by atoms with van der Waals surface area (Å²) in [5.74, 6) is 0.781. The van der Waals surface area contributed by atoms with Crippen molar-refractivity contribution in [3.05, 3.63) is 17.0 Å². The van der Waals surface area contributed by atoms with Crippen molar-refractivity contribution in [3.63, 3.8) is 0 Å². The highest BCUT2D eigenvalue weighted by molar-refractivity contribution is 7.85. The Labute approximate surface area is 108 Å². The van der Waals surface area contributed by atoms with E-state index in [2.05, 4.69) is 5.10 Å². The first-order valence-electron chi connectivity index (χ1n) is 6.24. The number of aryl methyl sites for hydroxylation is 1. The molecule has 0 atom stereocenters. The molecule has 1 heterocycles. The van der Waals surface area contributed by atoms with Crippen LogP contribution in [0.3, 0.4) is 0 Å².